The highest BCUT2D eigenvalue weighted by Crippen LogP contribution is 2.42. The third-order valence-electron chi connectivity index (χ3n) is 10.5. The average Bonchev–Trinajstić information content (AvgIpc) is 3.73. The van der Waals surface area contributed by atoms with Crippen LogP contribution in [-0.2, 0) is 21.7 Å². The van der Waals surface area contributed by atoms with E-state index in [1.165, 1.54) is 22.3 Å². The van der Waals surface area contributed by atoms with Gasteiger partial charge in [-0.05, 0) is 74.2 Å². The minimum absolute atomic E-state index is 0.349. The second-order valence-electron chi connectivity index (χ2n) is 15.0. The summed E-state index contributed by atoms with van der Waals surface area (Å²) in [5.74, 6) is 2.05. The van der Waals surface area contributed by atoms with E-state index in [0.29, 0.717) is 0 Å². The van der Waals surface area contributed by atoms with Crippen molar-refractivity contribution in [3.05, 3.63) is 167 Å². The van der Waals surface area contributed by atoms with E-state index in [1.54, 1.807) is 0 Å². The summed E-state index contributed by atoms with van der Waals surface area (Å²) in [6.45, 7) is 18.4. The van der Waals surface area contributed by atoms with E-state index < -0.39 is 0 Å². The van der Waals surface area contributed by atoms with Crippen LogP contribution in [0, 0.1) is 0 Å². The second-order valence-corrected chi connectivity index (χ2v) is 15.0. The zero-order valence-electron chi connectivity index (χ0n) is 28.3. The van der Waals surface area contributed by atoms with Crippen LogP contribution in [0.3, 0.4) is 0 Å². The minimum Gasteiger partial charge on any atom is -0.303 e. The molecule has 46 heavy (non-hydrogen) atoms. The molecule has 0 unspecified atom stereocenters. The van der Waals surface area contributed by atoms with Crippen molar-refractivity contribution in [2.45, 2.75) is 77.0 Å². The molecule has 0 spiro atoms. The van der Waals surface area contributed by atoms with Crippen LogP contribution in [0.5, 0.6) is 0 Å². The molecule has 3 heterocycles. The zero-order chi connectivity index (χ0) is 32.5. The molecule has 0 saturated carbocycles. The van der Waals surface area contributed by atoms with Gasteiger partial charge in [0.1, 0.15) is 11.6 Å². The van der Waals surface area contributed by atoms with E-state index in [4.69, 9.17) is 9.97 Å². The molecule has 0 amide bonds. The normalized spacial score (nSPS) is 17.4. The predicted molar refractivity (Wildman–Crippen MR) is 189 cm³/mol. The first-order valence-corrected chi connectivity index (χ1v) is 16.3. The van der Waals surface area contributed by atoms with Crippen molar-refractivity contribution in [3.8, 4) is 11.4 Å². The molecule has 6 aromatic rings. The Morgan fingerprint density at radius 3 is 1.07 bits per heavy atom. The summed E-state index contributed by atoms with van der Waals surface area (Å²) in [6.07, 6.45) is 4.51. The van der Waals surface area contributed by atoms with Gasteiger partial charge in [-0.1, -0.05) is 113 Å². The van der Waals surface area contributed by atoms with Crippen molar-refractivity contribution in [1.29, 1.82) is 0 Å². The SMILES string of the molecule is CC1(C)c2cccc(c2)C(C)(C)c2nc(cn2-c2ccccc2)C(C)(C)c2cccc(c2)C(C)(C)c2nc1cn2-c1ccccc1. The van der Waals surface area contributed by atoms with Crippen LogP contribution < -0.4 is 0 Å². The third kappa shape index (κ3) is 4.65. The highest BCUT2D eigenvalue weighted by Gasteiger charge is 2.38. The summed E-state index contributed by atoms with van der Waals surface area (Å²) < 4.78 is 4.60. The molecule has 2 aromatic heterocycles. The molecule has 7 rings (SSSR count). The van der Waals surface area contributed by atoms with E-state index >= 15 is 0 Å². The number of hydrogen-bond acceptors (Lipinski definition) is 2. The lowest BCUT2D eigenvalue weighted by molar-refractivity contribution is 0.552. The molecule has 0 fully saturated rings. The smallest absolute Gasteiger partial charge is 0.123 e. The van der Waals surface area contributed by atoms with Gasteiger partial charge in [0, 0.05) is 45.4 Å². The Labute approximate surface area is 273 Å². The molecule has 0 N–H and O–H groups in total. The molecule has 8 bridgehead atoms. The Kier molecular flexibility index (Phi) is 6.79. The van der Waals surface area contributed by atoms with Crippen molar-refractivity contribution < 1.29 is 0 Å². The van der Waals surface area contributed by atoms with Gasteiger partial charge in [0.05, 0.1) is 11.4 Å². The van der Waals surface area contributed by atoms with Crippen molar-refractivity contribution in [3.63, 3.8) is 0 Å². The highest BCUT2D eigenvalue weighted by molar-refractivity contribution is 5.49. The summed E-state index contributed by atoms with van der Waals surface area (Å²) in [4.78, 5) is 11.0. The molecule has 0 atom stereocenters. The fourth-order valence-electron chi connectivity index (χ4n) is 6.96. The number of benzene rings is 4. The van der Waals surface area contributed by atoms with Crippen molar-refractivity contribution in [2.75, 3.05) is 0 Å². The zero-order valence-corrected chi connectivity index (χ0v) is 28.3. The molecule has 4 aromatic carbocycles. The van der Waals surface area contributed by atoms with Crippen molar-refractivity contribution in [1.82, 2.24) is 19.1 Å². The topological polar surface area (TPSA) is 35.6 Å². The molecule has 0 saturated heterocycles. The molecule has 0 radical (unpaired) electrons. The largest absolute Gasteiger partial charge is 0.303 e. The minimum atomic E-state index is -0.383. The van der Waals surface area contributed by atoms with Crippen LogP contribution in [0.25, 0.3) is 11.4 Å². The van der Waals surface area contributed by atoms with E-state index in [9.17, 15) is 0 Å². The molecule has 0 aliphatic carbocycles. The average molecular weight is 605 g/mol. The van der Waals surface area contributed by atoms with Gasteiger partial charge in [0.15, 0.2) is 0 Å². The van der Waals surface area contributed by atoms with Gasteiger partial charge in [0.2, 0.25) is 0 Å². The predicted octanol–water partition coefficient (Wildman–Crippen LogP) is 9.67. The first-order valence-electron chi connectivity index (χ1n) is 16.3. The monoisotopic (exact) mass is 604 g/mol. The number of nitrogens with zero attached hydrogens (tertiary/aromatic N) is 4. The number of imidazole rings is 2. The van der Waals surface area contributed by atoms with Gasteiger partial charge in [-0.15, -0.1) is 0 Å². The summed E-state index contributed by atoms with van der Waals surface area (Å²) >= 11 is 0. The van der Waals surface area contributed by atoms with Crippen LogP contribution in [0.2, 0.25) is 0 Å². The standard InChI is InChI=1S/C42H44N4/c1-39(2)29-17-15-19-31(25-29)41(5,6)38-44-36(28-46(38)34-23-13-10-14-24-34)40(3,4)30-18-16-20-32(26-30)42(7,8)37-43-35(39)27-45(37)33-21-11-9-12-22-33/h9-28H,1-8H3. The van der Waals surface area contributed by atoms with Crippen LogP contribution >= 0.6 is 0 Å². The molecule has 232 valence electrons. The maximum Gasteiger partial charge on any atom is 0.123 e. The van der Waals surface area contributed by atoms with E-state index in [-0.39, 0.29) is 21.7 Å². The Bertz CT molecular complexity index is 1890. The fourth-order valence-corrected chi connectivity index (χ4v) is 6.96. The van der Waals surface area contributed by atoms with Gasteiger partial charge in [-0.3, -0.25) is 0 Å². The first-order chi connectivity index (χ1) is 21.8. The Morgan fingerprint density at radius 2 is 0.717 bits per heavy atom. The quantitative estimate of drug-likeness (QED) is 0.197. The van der Waals surface area contributed by atoms with Crippen LogP contribution in [0.4, 0.5) is 0 Å². The van der Waals surface area contributed by atoms with Gasteiger partial charge < -0.3 is 9.13 Å². The van der Waals surface area contributed by atoms with Crippen molar-refractivity contribution >= 4 is 0 Å². The Morgan fingerprint density at radius 1 is 0.391 bits per heavy atom. The van der Waals surface area contributed by atoms with Crippen molar-refractivity contribution in [2.24, 2.45) is 0 Å². The maximum atomic E-state index is 5.51. The fraction of sp³-hybridized carbons (Fsp3) is 0.286. The van der Waals surface area contributed by atoms with E-state index in [0.717, 1.165) is 34.4 Å². The molecule has 4 nitrogen and oxygen atoms in total. The summed E-state index contributed by atoms with van der Waals surface area (Å²) in [6, 6.07) is 39.3. The molecular weight excluding hydrogens is 560 g/mol. The number of rotatable bonds is 2. The molecule has 1 aliphatic heterocycles. The van der Waals surface area contributed by atoms with E-state index in [2.05, 4.69) is 186 Å². The highest BCUT2D eigenvalue weighted by atomic mass is 15.1. The summed E-state index contributed by atoms with van der Waals surface area (Å²) in [7, 11) is 0. The van der Waals surface area contributed by atoms with Crippen LogP contribution in [0.1, 0.15) is 101 Å². The Balaban J connectivity index is 1.55. The first kappa shape index (κ1) is 30.0. The lowest BCUT2D eigenvalue weighted by atomic mass is 9.76. The summed E-state index contributed by atoms with van der Waals surface area (Å²) in [5, 5.41) is 0. The molecule has 4 heteroatoms. The van der Waals surface area contributed by atoms with Crippen LogP contribution in [-0.4, -0.2) is 19.1 Å². The number of aromatic nitrogens is 4. The van der Waals surface area contributed by atoms with E-state index in [1.807, 2.05) is 0 Å². The molecular formula is C42H44N4. The lowest BCUT2D eigenvalue weighted by Gasteiger charge is -2.30. The van der Waals surface area contributed by atoms with Gasteiger partial charge in [0.25, 0.3) is 0 Å². The van der Waals surface area contributed by atoms with Gasteiger partial charge in [-0.25, -0.2) is 9.97 Å². The number of hydrogen-bond donors (Lipinski definition) is 0. The third-order valence-corrected chi connectivity index (χ3v) is 10.5. The maximum absolute atomic E-state index is 5.51. The number of fused-ring (bicyclic) bond motifs is 8. The second kappa shape index (κ2) is 10.4. The Hall–Kier alpha value is -4.70. The molecule has 1 aliphatic rings. The van der Waals surface area contributed by atoms with Crippen LogP contribution in [0.15, 0.2) is 122 Å². The van der Waals surface area contributed by atoms with Gasteiger partial charge in [-0.2, -0.15) is 0 Å². The summed E-state index contributed by atoms with van der Waals surface area (Å²) in [5.41, 5.74) is 7.76. The lowest BCUT2D eigenvalue weighted by Crippen LogP contribution is -2.28. The van der Waals surface area contributed by atoms with Gasteiger partial charge >= 0.3 is 0 Å². The number of para-hydroxylation sites is 2.